The molecule has 0 saturated carbocycles. The van der Waals surface area contributed by atoms with Crippen molar-refractivity contribution in [1.29, 1.82) is 0 Å². The van der Waals surface area contributed by atoms with Gasteiger partial charge in [0.15, 0.2) is 5.16 Å². The van der Waals surface area contributed by atoms with Crippen molar-refractivity contribution in [3.63, 3.8) is 0 Å². The van der Waals surface area contributed by atoms with Crippen molar-refractivity contribution >= 4 is 40.3 Å². The number of nitrogens with zero attached hydrogens (tertiary/aromatic N) is 3. The number of aliphatic carboxylic acids is 1. The summed E-state index contributed by atoms with van der Waals surface area (Å²) in [6, 6.07) is 7.89. The summed E-state index contributed by atoms with van der Waals surface area (Å²) < 4.78 is 2.96. The predicted molar refractivity (Wildman–Crippen MR) is 77.2 cm³/mol. The van der Waals surface area contributed by atoms with Crippen molar-refractivity contribution in [3.8, 4) is 5.69 Å². The molecular weight excluding hydrogens is 365 g/mol. The van der Waals surface area contributed by atoms with Gasteiger partial charge in [-0.15, -0.1) is 10.2 Å². The molecule has 0 aliphatic rings. The largest absolute Gasteiger partial charge is 0.481 e. The first-order valence-corrected chi connectivity index (χ1v) is 7.17. The molecule has 0 aliphatic heterocycles. The highest BCUT2D eigenvalue weighted by Gasteiger charge is 2.12. The number of hydrogen-bond donors (Lipinski definition) is 1. The Morgan fingerprint density at radius 1 is 1.50 bits per heavy atom. The first-order chi connectivity index (χ1) is 8.58. The van der Waals surface area contributed by atoms with Crippen LogP contribution in [0.2, 0.25) is 0 Å². The van der Waals surface area contributed by atoms with Gasteiger partial charge in [-0.1, -0.05) is 17.8 Å². The number of aromatic nitrogens is 3. The van der Waals surface area contributed by atoms with Gasteiger partial charge in [-0.25, -0.2) is 0 Å². The summed E-state index contributed by atoms with van der Waals surface area (Å²) in [5, 5.41) is 17.3. The van der Waals surface area contributed by atoms with Crippen LogP contribution in [0.15, 0.2) is 29.4 Å². The highest BCUT2D eigenvalue weighted by Crippen LogP contribution is 2.22. The smallest absolute Gasteiger partial charge is 0.313 e. The number of carboxylic acids is 1. The molecule has 0 saturated heterocycles. The maximum Gasteiger partial charge on any atom is 0.313 e. The molecule has 0 bridgehead atoms. The Hall–Kier alpha value is -1.09. The minimum atomic E-state index is -0.866. The molecule has 7 heteroatoms. The minimum Gasteiger partial charge on any atom is -0.481 e. The molecule has 0 aliphatic carbocycles. The van der Waals surface area contributed by atoms with E-state index in [0.29, 0.717) is 5.16 Å². The summed E-state index contributed by atoms with van der Waals surface area (Å²) in [6.45, 7) is 1.84. The molecule has 2 aromatic rings. The molecule has 0 radical (unpaired) electrons. The van der Waals surface area contributed by atoms with E-state index in [0.717, 1.165) is 26.8 Å². The third kappa shape index (κ3) is 3.02. The fourth-order valence-corrected chi connectivity index (χ4v) is 2.72. The average molecular weight is 375 g/mol. The van der Waals surface area contributed by atoms with E-state index in [2.05, 4.69) is 32.8 Å². The van der Waals surface area contributed by atoms with Crippen LogP contribution in [0.5, 0.6) is 0 Å². The first-order valence-electron chi connectivity index (χ1n) is 5.10. The van der Waals surface area contributed by atoms with Gasteiger partial charge in [-0.3, -0.25) is 9.36 Å². The zero-order valence-electron chi connectivity index (χ0n) is 9.50. The highest BCUT2D eigenvalue weighted by atomic mass is 127. The second-order valence-corrected chi connectivity index (χ2v) is 5.72. The number of carboxylic acid groups (broad SMARTS) is 1. The van der Waals surface area contributed by atoms with Crippen LogP contribution in [-0.2, 0) is 4.79 Å². The van der Waals surface area contributed by atoms with E-state index in [4.69, 9.17) is 5.11 Å². The van der Waals surface area contributed by atoms with Crippen LogP contribution >= 0.6 is 34.4 Å². The lowest BCUT2D eigenvalue weighted by atomic mass is 10.3. The molecule has 94 valence electrons. The van der Waals surface area contributed by atoms with Crippen LogP contribution in [0.25, 0.3) is 5.69 Å². The Morgan fingerprint density at radius 3 is 2.94 bits per heavy atom. The molecule has 0 unspecified atom stereocenters. The van der Waals surface area contributed by atoms with Gasteiger partial charge in [0, 0.05) is 3.57 Å². The third-order valence-electron chi connectivity index (χ3n) is 2.19. The van der Waals surface area contributed by atoms with Gasteiger partial charge in [0.05, 0.1) is 11.4 Å². The molecule has 0 fully saturated rings. The number of aryl methyl sites for hydroxylation is 1. The van der Waals surface area contributed by atoms with E-state index in [1.165, 1.54) is 0 Å². The van der Waals surface area contributed by atoms with Gasteiger partial charge in [-0.05, 0) is 47.7 Å². The zero-order valence-corrected chi connectivity index (χ0v) is 12.5. The molecule has 1 heterocycles. The summed E-state index contributed by atoms with van der Waals surface area (Å²) in [7, 11) is 0. The SMILES string of the molecule is Cc1nnc(SCC(=O)O)n1-c1cccc(I)c1. The fraction of sp³-hybridized carbons (Fsp3) is 0.182. The highest BCUT2D eigenvalue weighted by molar-refractivity contribution is 14.1. The average Bonchev–Trinajstić information content (AvgIpc) is 2.68. The van der Waals surface area contributed by atoms with Crippen molar-refractivity contribution < 1.29 is 9.90 Å². The molecule has 1 N–H and O–H groups in total. The Kier molecular flexibility index (Phi) is 4.23. The third-order valence-corrected chi connectivity index (χ3v) is 3.77. The second kappa shape index (κ2) is 5.70. The summed E-state index contributed by atoms with van der Waals surface area (Å²) in [5.74, 6) is -0.151. The second-order valence-electron chi connectivity index (χ2n) is 3.53. The standard InChI is InChI=1S/C11H10IN3O2S/c1-7-13-14-11(18-6-10(16)17)15(7)9-4-2-3-8(12)5-9/h2-5H,6H2,1H3,(H,16,17). The number of halogens is 1. The molecule has 18 heavy (non-hydrogen) atoms. The van der Waals surface area contributed by atoms with Crippen molar-refractivity contribution in [2.75, 3.05) is 5.75 Å². The lowest BCUT2D eigenvalue weighted by molar-refractivity contribution is -0.133. The Balaban J connectivity index is 2.37. The summed E-state index contributed by atoms with van der Waals surface area (Å²) in [4.78, 5) is 10.6. The Labute approximate surface area is 122 Å². The van der Waals surface area contributed by atoms with Gasteiger partial charge >= 0.3 is 5.97 Å². The molecule has 0 spiro atoms. The fourth-order valence-electron chi connectivity index (χ4n) is 1.48. The van der Waals surface area contributed by atoms with E-state index in [-0.39, 0.29) is 5.75 Å². The molecule has 0 amide bonds. The molecule has 0 atom stereocenters. The van der Waals surface area contributed by atoms with E-state index in [1.54, 1.807) is 0 Å². The van der Waals surface area contributed by atoms with Crippen molar-refractivity contribution in [3.05, 3.63) is 33.7 Å². The molecule has 2 rings (SSSR count). The number of benzene rings is 1. The maximum absolute atomic E-state index is 10.6. The van der Waals surface area contributed by atoms with Crippen molar-refractivity contribution in [1.82, 2.24) is 14.8 Å². The summed E-state index contributed by atoms with van der Waals surface area (Å²) in [6.07, 6.45) is 0. The monoisotopic (exact) mass is 375 g/mol. The van der Waals surface area contributed by atoms with Gasteiger partial charge < -0.3 is 5.11 Å². The lowest BCUT2D eigenvalue weighted by Gasteiger charge is -2.07. The van der Waals surface area contributed by atoms with Gasteiger partial charge in [0.25, 0.3) is 0 Å². The van der Waals surface area contributed by atoms with E-state index in [9.17, 15) is 4.79 Å². The van der Waals surface area contributed by atoms with Crippen LogP contribution in [-0.4, -0.2) is 31.6 Å². The lowest BCUT2D eigenvalue weighted by Crippen LogP contribution is -2.03. The van der Waals surface area contributed by atoms with Crippen LogP contribution in [0, 0.1) is 10.5 Å². The minimum absolute atomic E-state index is 0.0257. The molecule has 1 aromatic carbocycles. The van der Waals surface area contributed by atoms with E-state index < -0.39 is 5.97 Å². The van der Waals surface area contributed by atoms with Crippen LogP contribution < -0.4 is 0 Å². The Morgan fingerprint density at radius 2 is 2.28 bits per heavy atom. The number of thioether (sulfide) groups is 1. The number of rotatable bonds is 4. The first kappa shape index (κ1) is 13.3. The topological polar surface area (TPSA) is 68.0 Å². The normalized spacial score (nSPS) is 10.6. The Bertz CT molecular complexity index is 585. The predicted octanol–water partition coefficient (Wildman–Crippen LogP) is 2.36. The van der Waals surface area contributed by atoms with Gasteiger partial charge in [0.1, 0.15) is 5.82 Å². The zero-order chi connectivity index (χ0) is 13.1. The summed E-state index contributed by atoms with van der Waals surface area (Å²) >= 11 is 3.39. The molecule has 5 nitrogen and oxygen atoms in total. The number of hydrogen-bond acceptors (Lipinski definition) is 4. The molecular formula is C11H10IN3O2S. The van der Waals surface area contributed by atoms with Crippen LogP contribution in [0.3, 0.4) is 0 Å². The van der Waals surface area contributed by atoms with Crippen LogP contribution in [0.1, 0.15) is 5.82 Å². The van der Waals surface area contributed by atoms with Crippen molar-refractivity contribution in [2.24, 2.45) is 0 Å². The molecule has 1 aromatic heterocycles. The van der Waals surface area contributed by atoms with Gasteiger partial charge in [0.2, 0.25) is 0 Å². The number of carbonyl (C=O) groups is 1. The maximum atomic E-state index is 10.6. The van der Waals surface area contributed by atoms with Crippen molar-refractivity contribution in [2.45, 2.75) is 12.1 Å². The van der Waals surface area contributed by atoms with E-state index in [1.807, 2.05) is 35.8 Å². The quantitative estimate of drug-likeness (QED) is 0.657. The van der Waals surface area contributed by atoms with Gasteiger partial charge in [-0.2, -0.15) is 0 Å². The van der Waals surface area contributed by atoms with E-state index >= 15 is 0 Å². The summed E-state index contributed by atoms with van der Waals surface area (Å²) in [5.41, 5.74) is 0.942. The van der Waals surface area contributed by atoms with Crippen LogP contribution in [0.4, 0.5) is 0 Å².